The maximum absolute atomic E-state index is 12.8. The number of hydrogen-bond donors (Lipinski definition) is 3. The van der Waals surface area contributed by atoms with Gasteiger partial charge in [0.2, 0.25) is 0 Å². The molecule has 2 aromatic carbocycles. The molecule has 0 heterocycles. The van der Waals surface area contributed by atoms with E-state index in [2.05, 4.69) is 20.9 Å². The molecule has 8 heteroatoms. The van der Waals surface area contributed by atoms with Crippen LogP contribution in [0, 0.1) is 6.92 Å². The van der Waals surface area contributed by atoms with Crippen LogP contribution in [0.2, 0.25) is 0 Å². The van der Waals surface area contributed by atoms with Gasteiger partial charge in [-0.1, -0.05) is 17.7 Å². The molecule has 0 spiro atoms. The fourth-order valence-corrected chi connectivity index (χ4v) is 3.18. The number of benzene rings is 2. The van der Waals surface area contributed by atoms with Gasteiger partial charge in [-0.3, -0.25) is 4.79 Å². The molecule has 0 aliphatic heterocycles. The Bertz CT molecular complexity index is 901. The number of carbonyl (C=O) groups excluding carboxylic acids is 1. The summed E-state index contributed by atoms with van der Waals surface area (Å²) in [5.41, 5.74) is 2.88. The summed E-state index contributed by atoms with van der Waals surface area (Å²) >= 11 is 5.44. The molecule has 0 aromatic heterocycles. The molecule has 0 aliphatic carbocycles. The summed E-state index contributed by atoms with van der Waals surface area (Å²) in [6.07, 6.45) is 0.974. The van der Waals surface area contributed by atoms with E-state index >= 15 is 0 Å². The minimum absolute atomic E-state index is 0.216. The van der Waals surface area contributed by atoms with Gasteiger partial charge in [0.05, 0.1) is 24.6 Å². The van der Waals surface area contributed by atoms with Gasteiger partial charge >= 0.3 is 0 Å². The summed E-state index contributed by atoms with van der Waals surface area (Å²) in [5, 5.41) is 9.84. The molecule has 0 saturated heterocycles. The first-order chi connectivity index (χ1) is 15.3. The standard InChI is InChI=1S/C24H34N4O3S/c1-6-30-21-16-20(27-24(32)25-13-8-14-28(4)5)22(31-7-2)15-19(21)26-23(29)18-11-9-17(3)10-12-18/h9-12,15-16H,6-8,13-14H2,1-5H3,(H,26,29)(H2,25,27,32). The van der Waals surface area contributed by atoms with Crippen molar-refractivity contribution < 1.29 is 14.3 Å². The van der Waals surface area contributed by atoms with Gasteiger partial charge in [-0.15, -0.1) is 0 Å². The first-order valence-electron chi connectivity index (χ1n) is 10.8. The summed E-state index contributed by atoms with van der Waals surface area (Å²) in [6, 6.07) is 11.0. The van der Waals surface area contributed by atoms with E-state index in [1.807, 2.05) is 47.0 Å². The van der Waals surface area contributed by atoms with E-state index in [1.165, 1.54) is 0 Å². The average Bonchev–Trinajstić information content (AvgIpc) is 2.74. The number of nitrogens with zero attached hydrogens (tertiary/aromatic N) is 1. The van der Waals surface area contributed by atoms with Crippen molar-refractivity contribution in [2.45, 2.75) is 27.2 Å². The largest absolute Gasteiger partial charge is 0.492 e. The molecule has 0 saturated carbocycles. The van der Waals surface area contributed by atoms with Crippen molar-refractivity contribution in [2.75, 3.05) is 51.0 Å². The number of aryl methyl sites for hydroxylation is 1. The Labute approximate surface area is 196 Å². The van der Waals surface area contributed by atoms with Crippen LogP contribution in [0.3, 0.4) is 0 Å². The van der Waals surface area contributed by atoms with E-state index in [0.717, 1.165) is 25.1 Å². The van der Waals surface area contributed by atoms with Crippen molar-refractivity contribution in [1.82, 2.24) is 10.2 Å². The van der Waals surface area contributed by atoms with Crippen LogP contribution in [-0.4, -0.2) is 56.3 Å². The predicted octanol–water partition coefficient (Wildman–Crippen LogP) is 4.28. The highest BCUT2D eigenvalue weighted by Crippen LogP contribution is 2.37. The molecule has 0 unspecified atom stereocenters. The first-order valence-corrected chi connectivity index (χ1v) is 11.3. The van der Waals surface area contributed by atoms with Crippen LogP contribution in [0.4, 0.5) is 11.4 Å². The van der Waals surface area contributed by atoms with E-state index in [4.69, 9.17) is 21.7 Å². The molecular formula is C24H34N4O3S. The SMILES string of the molecule is CCOc1cc(NC(=S)NCCCN(C)C)c(OCC)cc1NC(=O)c1ccc(C)cc1. The van der Waals surface area contributed by atoms with Crippen LogP contribution < -0.4 is 25.4 Å². The van der Waals surface area contributed by atoms with E-state index in [1.54, 1.807) is 24.3 Å². The van der Waals surface area contributed by atoms with Gasteiger partial charge in [0, 0.05) is 24.2 Å². The van der Waals surface area contributed by atoms with Crippen molar-refractivity contribution in [3.63, 3.8) is 0 Å². The number of thiocarbonyl (C=S) groups is 1. The number of rotatable bonds is 11. The van der Waals surface area contributed by atoms with E-state index in [9.17, 15) is 4.79 Å². The second-order valence-electron chi connectivity index (χ2n) is 7.57. The lowest BCUT2D eigenvalue weighted by molar-refractivity contribution is 0.102. The lowest BCUT2D eigenvalue weighted by Gasteiger charge is -2.19. The Balaban J connectivity index is 2.20. The summed E-state index contributed by atoms with van der Waals surface area (Å²) in [6.45, 7) is 8.44. The molecule has 0 fully saturated rings. The fourth-order valence-electron chi connectivity index (χ4n) is 2.97. The molecule has 32 heavy (non-hydrogen) atoms. The third kappa shape index (κ3) is 8.01. The predicted molar refractivity (Wildman–Crippen MR) is 135 cm³/mol. The van der Waals surface area contributed by atoms with Crippen molar-refractivity contribution >= 4 is 34.6 Å². The average molecular weight is 459 g/mol. The lowest BCUT2D eigenvalue weighted by Crippen LogP contribution is -2.31. The quantitative estimate of drug-likeness (QED) is 0.343. The van der Waals surface area contributed by atoms with Crippen LogP contribution in [0.5, 0.6) is 11.5 Å². The molecule has 0 bridgehead atoms. The second kappa shape index (κ2) is 12.9. The van der Waals surface area contributed by atoms with Crippen LogP contribution in [0.25, 0.3) is 0 Å². The highest BCUT2D eigenvalue weighted by Gasteiger charge is 2.16. The summed E-state index contributed by atoms with van der Waals surface area (Å²) in [5.74, 6) is 0.897. The Morgan fingerprint density at radius 2 is 1.53 bits per heavy atom. The number of carbonyl (C=O) groups is 1. The Morgan fingerprint density at radius 3 is 2.06 bits per heavy atom. The second-order valence-corrected chi connectivity index (χ2v) is 7.98. The van der Waals surface area contributed by atoms with Crippen molar-refractivity contribution in [2.24, 2.45) is 0 Å². The van der Waals surface area contributed by atoms with Gasteiger partial charge in [-0.2, -0.15) is 0 Å². The normalized spacial score (nSPS) is 10.6. The number of ether oxygens (including phenoxy) is 2. The number of anilines is 2. The van der Waals surface area contributed by atoms with Crippen LogP contribution in [0.1, 0.15) is 36.2 Å². The van der Waals surface area contributed by atoms with Crippen molar-refractivity contribution in [3.05, 3.63) is 47.5 Å². The minimum atomic E-state index is -0.216. The van der Waals surface area contributed by atoms with Gasteiger partial charge in [0.15, 0.2) is 5.11 Å². The summed E-state index contributed by atoms with van der Waals surface area (Å²) < 4.78 is 11.6. The minimum Gasteiger partial charge on any atom is -0.492 e. The zero-order valence-electron chi connectivity index (χ0n) is 19.6. The molecule has 7 nitrogen and oxygen atoms in total. The molecule has 2 rings (SSSR count). The zero-order chi connectivity index (χ0) is 23.5. The molecule has 0 radical (unpaired) electrons. The van der Waals surface area contributed by atoms with Gasteiger partial charge in [-0.05, 0) is 72.2 Å². The topological polar surface area (TPSA) is 74.9 Å². The van der Waals surface area contributed by atoms with Gasteiger partial charge in [-0.25, -0.2) is 0 Å². The highest BCUT2D eigenvalue weighted by molar-refractivity contribution is 7.80. The summed E-state index contributed by atoms with van der Waals surface area (Å²) in [4.78, 5) is 14.9. The van der Waals surface area contributed by atoms with Crippen molar-refractivity contribution in [3.8, 4) is 11.5 Å². The molecule has 2 aromatic rings. The highest BCUT2D eigenvalue weighted by atomic mass is 32.1. The fraction of sp³-hybridized carbons (Fsp3) is 0.417. The van der Waals surface area contributed by atoms with Crippen LogP contribution >= 0.6 is 12.2 Å². The number of amides is 1. The molecule has 0 aliphatic rings. The zero-order valence-corrected chi connectivity index (χ0v) is 20.4. The maximum atomic E-state index is 12.8. The lowest BCUT2D eigenvalue weighted by atomic mass is 10.1. The molecule has 0 atom stereocenters. The van der Waals surface area contributed by atoms with Crippen LogP contribution in [0.15, 0.2) is 36.4 Å². The van der Waals surface area contributed by atoms with E-state index < -0.39 is 0 Å². The van der Waals surface area contributed by atoms with E-state index in [0.29, 0.717) is 46.8 Å². The molecule has 3 N–H and O–H groups in total. The molecule has 1 amide bonds. The Kier molecular flexibility index (Phi) is 10.2. The number of nitrogens with one attached hydrogen (secondary N) is 3. The third-order valence-electron chi connectivity index (χ3n) is 4.56. The molecule has 174 valence electrons. The van der Waals surface area contributed by atoms with Gasteiger partial charge in [0.1, 0.15) is 11.5 Å². The monoisotopic (exact) mass is 458 g/mol. The first kappa shape index (κ1) is 25.4. The van der Waals surface area contributed by atoms with Crippen LogP contribution in [-0.2, 0) is 0 Å². The molecular weight excluding hydrogens is 424 g/mol. The van der Waals surface area contributed by atoms with Gasteiger partial charge in [0.25, 0.3) is 5.91 Å². The van der Waals surface area contributed by atoms with Gasteiger partial charge < -0.3 is 30.3 Å². The van der Waals surface area contributed by atoms with E-state index in [-0.39, 0.29) is 5.91 Å². The van der Waals surface area contributed by atoms with Crippen molar-refractivity contribution in [1.29, 1.82) is 0 Å². The maximum Gasteiger partial charge on any atom is 0.255 e. The summed E-state index contributed by atoms with van der Waals surface area (Å²) in [7, 11) is 4.08. The number of hydrogen-bond acceptors (Lipinski definition) is 5. The Morgan fingerprint density at radius 1 is 0.969 bits per heavy atom. The Hall–Kier alpha value is -2.84. The third-order valence-corrected chi connectivity index (χ3v) is 4.81. The smallest absolute Gasteiger partial charge is 0.255 e.